The Labute approximate surface area is 183 Å². The molecule has 0 saturated heterocycles. The molecule has 0 unspecified atom stereocenters. The van der Waals surface area contributed by atoms with E-state index in [0.29, 0.717) is 10.5 Å². The van der Waals surface area contributed by atoms with E-state index in [-0.39, 0.29) is 46.4 Å². The minimum Gasteiger partial charge on any atom is -0.424 e. The lowest BCUT2D eigenvalue weighted by atomic mass is 10.0. The van der Waals surface area contributed by atoms with Gasteiger partial charge < -0.3 is 15.5 Å². The van der Waals surface area contributed by atoms with Crippen LogP contribution in [0.25, 0.3) is 21.3 Å². The van der Waals surface area contributed by atoms with Crippen LogP contribution in [-0.4, -0.2) is 26.8 Å². The topological polar surface area (TPSA) is 107 Å². The molecule has 1 saturated carbocycles. The molecule has 164 valence electrons. The number of nitrogens with zero attached hydrogens (tertiary/aromatic N) is 3. The average Bonchev–Trinajstić information content (AvgIpc) is 3.11. The van der Waals surface area contributed by atoms with Crippen molar-refractivity contribution in [3.63, 3.8) is 0 Å². The number of rotatable bonds is 6. The molecule has 1 aliphatic carbocycles. The number of thiazole rings is 1. The van der Waals surface area contributed by atoms with Crippen molar-refractivity contribution < 1.29 is 22.4 Å². The third-order valence-corrected chi connectivity index (χ3v) is 6.14. The van der Waals surface area contributed by atoms with Gasteiger partial charge in [0, 0.05) is 5.56 Å². The van der Waals surface area contributed by atoms with Gasteiger partial charge in [-0.25, -0.2) is 18.2 Å². The molecule has 0 radical (unpaired) electrons. The third kappa shape index (κ3) is 4.08. The quantitative estimate of drug-likeness (QED) is 0.428. The van der Waals surface area contributed by atoms with Crippen molar-refractivity contribution >= 4 is 27.5 Å². The molecule has 5 rings (SSSR count). The number of hydrogen-bond donors (Lipinski definition) is 2. The van der Waals surface area contributed by atoms with Gasteiger partial charge in [-0.3, -0.25) is 4.79 Å². The molecule has 0 aliphatic heterocycles. The minimum atomic E-state index is -1.05. The van der Waals surface area contributed by atoms with E-state index >= 15 is 4.39 Å². The molecule has 1 aliphatic rings. The van der Waals surface area contributed by atoms with E-state index in [4.69, 9.17) is 10.2 Å². The fourth-order valence-electron chi connectivity index (χ4n) is 3.25. The van der Waals surface area contributed by atoms with Gasteiger partial charge in [-0.05, 0) is 42.7 Å². The lowest BCUT2D eigenvalue weighted by Crippen LogP contribution is -2.44. The molecule has 7 nitrogen and oxygen atoms in total. The van der Waals surface area contributed by atoms with Crippen LogP contribution in [0.5, 0.6) is 0 Å². The Morgan fingerprint density at radius 1 is 1.12 bits per heavy atom. The zero-order chi connectivity index (χ0) is 22.5. The van der Waals surface area contributed by atoms with Crippen LogP contribution < -0.4 is 11.1 Å². The van der Waals surface area contributed by atoms with Crippen LogP contribution >= 0.6 is 11.3 Å². The number of carbonyl (C=O) groups is 1. The second-order valence-electron chi connectivity index (χ2n) is 7.66. The predicted molar refractivity (Wildman–Crippen MR) is 110 cm³/mol. The number of benzene rings is 2. The van der Waals surface area contributed by atoms with Crippen molar-refractivity contribution in [3.8, 4) is 11.1 Å². The van der Waals surface area contributed by atoms with Crippen LogP contribution in [0.4, 0.5) is 13.2 Å². The van der Waals surface area contributed by atoms with Crippen LogP contribution in [0.2, 0.25) is 0 Å². The molecule has 4 aromatic rings. The lowest BCUT2D eigenvalue weighted by Gasteiger charge is -2.09. The van der Waals surface area contributed by atoms with Crippen LogP contribution in [0.1, 0.15) is 29.6 Å². The van der Waals surface area contributed by atoms with Gasteiger partial charge in [0.1, 0.15) is 17.2 Å². The Hall–Kier alpha value is -3.31. The van der Waals surface area contributed by atoms with Crippen molar-refractivity contribution in [1.82, 2.24) is 20.5 Å². The number of aromatic nitrogens is 3. The summed E-state index contributed by atoms with van der Waals surface area (Å²) in [5, 5.41) is 11.0. The Morgan fingerprint density at radius 3 is 2.66 bits per heavy atom. The lowest BCUT2D eigenvalue weighted by molar-refractivity contribution is -0.121. The highest BCUT2D eigenvalue weighted by atomic mass is 32.1. The Morgan fingerprint density at radius 2 is 1.91 bits per heavy atom. The highest BCUT2D eigenvalue weighted by Crippen LogP contribution is 2.33. The van der Waals surface area contributed by atoms with E-state index in [1.54, 1.807) is 6.07 Å². The number of fused-ring (bicyclic) bond motifs is 1. The van der Waals surface area contributed by atoms with Crippen molar-refractivity contribution in [1.29, 1.82) is 0 Å². The molecule has 3 N–H and O–H groups in total. The summed E-state index contributed by atoms with van der Waals surface area (Å²) in [6.45, 7) is 0. The highest BCUT2D eigenvalue weighted by Gasteiger charge is 2.39. The Kier molecular flexibility index (Phi) is 4.94. The summed E-state index contributed by atoms with van der Waals surface area (Å²) >= 11 is 1.10. The molecule has 2 heterocycles. The minimum absolute atomic E-state index is 0.0853. The van der Waals surface area contributed by atoms with Gasteiger partial charge in [0.15, 0.2) is 11.6 Å². The first-order valence-corrected chi connectivity index (χ1v) is 10.6. The van der Waals surface area contributed by atoms with Gasteiger partial charge >= 0.3 is 0 Å². The number of hydrogen-bond acceptors (Lipinski definition) is 7. The van der Waals surface area contributed by atoms with Crippen molar-refractivity contribution in [2.75, 3.05) is 0 Å². The first-order chi connectivity index (χ1) is 15.3. The highest BCUT2D eigenvalue weighted by molar-refractivity contribution is 7.18. The van der Waals surface area contributed by atoms with Gasteiger partial charge in [0.05, 0.1) is 22.3 Å². The monoisotopic (exact) mass is 459 g/mol. The second kappa shape index (κ2) is 7.68. The number of halogens is 3. The maximum Gasteiger partial charge on any atom is 0.230 e. The van der Waals surface area contributed by atoms with Crippen molar-refractivity contribution in [3.05, 3.63) is 64.6 Å². The summed E-state index contributed by atoms with van der Waals surface area (Å²) in [5.74, 6) is -2.53. The zero-order valence-corrected chi connectivity index (χ0v) is 17.3. The standard InChI is InChI=1S/C21H16F3N5O2S/c22-12-3-1-10(7-13(12)23)11-2-4-14-20(19(11)24)32-18(26-14)9-17-29-28-16(31-17)8-15(30)27-21(25)5-6-21/h1-4,7H,5-6,8-9,25H2,(H,27,30). The second-order valence-corrected chi connectivity index (χ2v) is 8.74. The van der Waals surface area contributed by atoms with E-state index < -0.39 is 23.1 Å². The van der Waals surface area contributed by atoms with Gasteiger partial charge in [-0.2, -0.15) is 0 Å². The Balaban J connectivity index is 1.34. The molecule has 32 heavy (non-hydrogen) atoms. The number of nitrogens with two attached hydrogens (primary N) is 1. The number of amides is 1. The predicted octanol–water partition coefficient (Wildman–Crippen LogP) is 3.46. The molecule has 2 aromatic carbocycles. The van der Waals surface area contributed by atoms with Crippen LogP contribution in [0.15, 0.2) is 34.7 Å². The number of nitrogens with one attached hydrogen (secondary N) is 1. The zero-order valence-electron chi connectivity index (χ0n) is 16.5. The molecular formula is C21H16F3N5O2S. The summed E-state index contributed by atoms with van der Waals surface area (Å²) in [6, 6.07) is 6.31. The average molecular weight is 459 g/mol. The molecule has 0 spiro atoms. The fourth-order valence-corrected chi connectivity index (χ4v) is 4.24. The first-order valence-electron chi connectivity index (χ1n) is 9.74. The maximum atomic E-state index is 15.1. The normalized spacial score (nSPS) is 14.6. The SMILES string of the molecule is NC1(NC(=O)Cc2nnc(Cc3nc4ccc(-c5ccc(F)c(F)c5)c(F)c4s3)o2)CC1. The molecular weight excluding hydrogens is 443 g/mol. The summed E-state index contributed by atoms with van der Waals surface area (Å²) in [4.78, 5) is 16.3. The van der Waals surface area contributed by atoms with Gasteiger partial charge in [-0.15, -0.1) is 21.5 Å². The summed E-state index contributed by atoms with van der Waals surface area (Å²) < 4.78 is 47.6. The van der Waals surface area contributed by atoms with Gasteiger partial charge in [0.2, 0.25) is 17.7 Å². The van der Waals surface area contributed by atoms with E-state index in [1.807, 2.05) is 0 Å². The van der Waals surface area contributed by atoms with Crippen LogP contribution in [0, 0.1) is 17.5 Å². The number of carbonyl (C=O) groups excluding carboxylic acids is 1. The smallest absolute Gasteiger partial charge is 0.230 e. The molecule has 0 atom stereocenters. The van der Waals surface area contributed by atoms with Crippen molar-refractivity contribution in [2.45, 2.75) is 31.3 Å². The van der Waals surface area contributed by atoms with Gasteiger partial charge in [0.25, 0.3) is 0 Å². The maximum absolute atomic E-state index is 15.1. The first kappa shape index (κ1) is 20.6. The fraction of sp³-hybridized carbons (Fsp3) is 0.238. The molecule has 2 aromatic heterocycles. The van der Waals surface area contributed by atoms with E-state index in [9.17, 15) is 13.6 Å². The summed E-state index contributed by atoms with van der Waals surface area (Å²) in [5.41, 5.74) is 6.02. The van der Waals surface area contributed by atoms with E-state index in [1.165, 1.54) is 12.1 Å². The van der Waals surface area contributed by atoms with E-state index in [0.717, 1.165) is 36.3 Å². The molecule has 11 heteroatoms. The molecule has 1 amide bonds. The third-order valence-electron chi connectivity index (χ3n) is 5.07. The Bertz CT molecular complexity index is 1350. The largest absolute Gasteiger partial charge is 0.424 e. The van der Waals surface area contributed by atoms with Crippen LogP contribution in [0.3, 0.4) is 0 Å². The van der Waals surface area contributed by atoms with Crippen LogP contribution in [-0.2, 0) is 17.6 Å². The summed E-state index contributed by atoms with van der Waals surface area (Å²) in [6.07, 6.45) is 1.55. The molecule has 0 bridgehead atoms. The summed E-state index contributed by atoms with van der Waals surface area (Å²) in [7, 11) is 0. The van der Waals surface area contributed by atoms with E-state index in [2.05, 4.69) is 20.5 Å². The molecule has 1 fully saturated rings. The van der Waals surface area contributed by atoms with Gasteiger partial charge in [-0.1, -0.05) is 6.07 Å². The van der Waals surface area contributed by atoms with Crippen molar-refractivity contribution in [2.24, 2.45) is 5.73 Å².